The molecule has 0 spiro atoms. The van der Waals surface area contributed by atoms with Gasteiger partial charge < -0.3 is 9.84 Å². The van der Waals surface area contributed by atoms with E-state index in [0.717, 1.165) is 33.4 Å². The molecule has 0 radical (unpaired) electrons. The Kier molecular flexibility index (Phi) is 4.80. The Balaban J connectivity index is 1.53. The van der Waals surface area contributed by atoms with E-state index in [1.165, 1.54) is 0 Å². The SMILES string of the molecule is Cc1cc(NC(=O)OCC2c3ccccc3-c3ccccc32)c(C(=O)O)cc1C. The Morgan fingerprint density at radius 1 is 0.931 bits per heavy atom. The summed E-state index contributed by atoms with van der Waals surface area (Å²) in [5.74, 6) is -1.14. The van der Waals surface area contributed by atoms with Gasteiger partial charge in [-0.3, -0.25) is 5.32 Å². The Morgan fingerprint density at radius 3 is 2.07 bits per heavy atom. The monoisotopic (exact) mass is 387 g/mol. The first-order chi connectivity index (χ1) is 14.0. The van der Waals surface area contributed by atoms with Crippen LogP contribution in [-0.4, -0.2) is 23.8 Å². The van der Waals surface area contributed by atoms with Crippen LogP contribution in [0.5, 0.6) is 0 Å². The highest BCUT2D eigenvalue weighted by molar-refractivity contribution is 5.99. The molecule has 3 aromatic carbocycles. The second kappa shape index (κ2) is 7.43. The van der Waals surface area contributed by atoms with E-state index in [2.05, 4.69) is 17.4 Å². The van der Waals surface area contributed by atoms with Crippen molar-refractivity contribution >= 4 is 17.7 Å². The molecule has 2 N–H and O–H groups in total. The van der Waals surface area contributed by atoms with Crippen molar-refractivity contribution in [3.63, 3.8) is 0 Å². The molecule has 0 saturated carbocycles. The molecule has 1 aliphatic rings. The zero-order valence-electron chi connectivity index (χ0n) is 16.2. The topological polar surface area (TPSA) is 75.6 Å². The molecule has 0 unspecified atom stereocenters. The fraction of sp³-hybridized carbons (Fsp3) is 0.167. The summed E-state index contributed by atoms with van der Waals surface area (Å²) >= 11 is 0. The minimum atomic E-state index is -1.10. The largest absolute Gasteiger partial charge is 0.478 e. The number of aromatic carboxylic acids is 1. The molecule has 0 bridgehead atoms. The summed E-state index contributed by atoms with van der Waals surface area (Å²) in [6, 6.07) is 19.4. The van der Waals surface area contributed by atoms with Gasteiger partial charge in [-0.25, -0.2) is 9.59 Å². The zero-order valence-corrected chi connectivity index (χ0v) is 16.2. The highest BCUT2D eigenvalue weighted by Crippen LogP contribution is 2.44. The van der Waals surface area contributed by atoms with Crippen molar-refractivity contribution in [3.05, 3.63) is 88.5 Å². The molecule has 146 valence electrons. The Labute approximate surface area is 169 Å². The number of amides is 1. The normalized spacial score (nSPS) is 12.2. The summed E-state index contributed by atoms with van der Waals surface area (Å²) in [6.45, 7) is 3.87. The molecule has 1 aliphatic carbocycles. The lowest BCUT2D eigenvalue weighted by Crippen LogP contribution is -2.19. The number of nitrogens with one attached hydrogen (secondary N) is 1. The van der Waals surface area contributed by atoms with Crippen LogP contribution < -0.4 is 5.32 Å². The third-order valence-electron chi connectivity index (χ3n) is 5.44. The standard InChI is InChI=1S/C24H21NO4/c1-14-11-20(23(26)27)22(12-15(14)2)25-24(28)29-13-21-18-9-5-3-7-16(18)17-8-4-6-10-19(17)21/h3-12,21H,13H2,1-2H3,(H,25,28)(H,26,27). The van der Waals surface area contributed by atoms with E-state index in [1.54, 1.807) is 12.1 Å². The van der Waals surface area contributed by atoms with Crippen LogP contribution in [0, 0.1) is 13.8 Å². The fourth-order valence-corrected chi connectivity index (χ4v) is 3.84. The lowest BCUT2D eigenvalue weighted by molar-refractivity contribution is 0.0698. The summed E-state index contributed by atoms with van der Waals surface area (Å²) in [5.41, 5.74) is 6.57. The first-order valence-electron chi connectivity index (χ1n) is 9.42. The van der Waals surface area contributed by atoms with Gasteiger partial charge in [0.15, 0.2) is 0 Å². The molecule has 0 fully saturated rings. The molecule has 4 rings (SSSR count). The molecule has 0 aliphatic heterocycles. The van der Waals surface area contributed by atoms with Crippen molar-refractivity contribution in [1.82, 2.24) is 0 Å². The number of hydrogen-bond acceptors (Lipinski definition) is 3. The summed E-state index contributed by atoms with van der Waals surface area (Å²) in [5, 5.41) is 12.0. The maximum atomic E-state index is 12.4. The van der Waals surface area contributed by atoms with E-state index in [-0.39, 0.29) is 23.8 Å². The van der Waals surface area contributed by atoms with Crippen molar-refractivity contribution in [2.45, 2.75) is 19.8 Å². The molecule has 29 heavy (non-hydrogen) atoms. The summed E-state index contributed by atoms with van der Waals surface area (Å²) < 4.78 is 5.51. The van der Waals surface area contributed by atoms with Gasteiger partial charge in [0.2, 0.25) is 0 Å². The second-order valence-corrected chi connectivity index (χ2v) is 7.24. The smallest absolute Gasteiger partial charge is 0.411 e. The van der Waals surface area contributed by atoms with Crippen LogP contribution in [0.1, 0.15) is 38.5 Å². The molecule has 1 amide bonds. The predicted molar refractivity (Wildman–Crippen MR) is 112 cm³/mol. The molecular formula is C24H21NO4. The molecule has 0 heterocycles. The van der Waals surface area contributed by atoms with E-state index in [4.69, 9.17) is 4.74 Å². The third-order valence-corrected chi connectivity index (χ3v) is 5.44. The molecule has 5 nitrogen and oxygen atoms in total. The first-order valence-corrected chi connectivity index (χ1v) is 9.42. The maximum Gasteiger partial charge on any atom is 0.411 e. The number of benzene rings is 3. The van der Waals surface area contributed by atoms with Crippen molar-refractivity contribution in [2.75, 3.05) is 11.9 Å². The zero-order chi connectivity index (χ0) is 20.5. The van der Waals surface area contributed by atoms with Crippen LogP contribution in [0.4, 0.5) is 10.5 Å². The second-order valence-electron chi connectivity index (χ2n) is 7.24. The molecule has 0 aromatic heterocycles. The van der Waals surface area contributed by atoms with Gasteiger partial charge in [0.1, 0.15) is 6.61 Å². The average Bonchev–Trinajstić information content (AvgIpc) is 3.03. The summed E-state index contributed by atoms with van der Waals surface area (Å²) in [4.78, 5) is 24.0. The van der Waals surface area contributed by atoms with E-state index in [0.29, 0.717) is 0 Å². The van der Waals surface area contributed by atoms with Crippen molar-refractivity contribution < 1.29 is 19.4 Å². The fourth-order valence-electron chi connectivity index (χ4n) is 3.84. The van der Waals surface area contributed by atoms with Gasteiger partial charge >= 0.3 is 12.1 Å². The van der Waals surface area contributed by atoms with Gasteiger partial charge in [-0.15, -0.1) is 0 Å². The van der Waals surface area contributed by atoms with Gasteiger partial charge in [0.05, 0.1) is 11.3 Å². The van der Waals surface area contributed by atoms with E-state index < -0.39 is 12.1 Å². The number of ether oxygens (including phenoxy) is 1. The molecule has 0 saturated heterocycles. The van der Waals surface area contributed by atoms with Crippen molar-refractivity contribution in [1.29, 1.82) is 0 Å². The molecular weight excluding hydrogens is 366 g/mol. The summed E-state index contributed by atoms with van der Waals surface area (Å²) in [6.07, 6.45) is -0.669. The van der Waals surface area contributed by atoms with Crippen LogP contribution in [0.2, 0.25) is 0 Å². The average molecular weight is 387 g/mol. The summed E-state index contributed by atoms with van der Waals surface area (Å²) in [7, 11) is 0. The number of carboxylic acid groups (broad SMARTS) is 1. The number of fused-ring (bicyclic) bond motifs is 3. The van der Waals surface area contributed by atoms with Crippen LogP contribution in [0.25, 0.3) is 11.1 Å². The van der Waals surface area contributed by atoms with E-state index >= 15 is 0 Å². The molecule has 0 atom stereocenters. The highest BCUT2D eigenvalue weighted by atomic mass is 16.5. The Morgan fingerprint density at radius 2 is 1.48 bits per heavy atom. The van der Waals surface area contributed by atoms with Gasteiger partial charge in [-0.1, -0.05) is 48.5 Å². The first kappa shape index (κ1) is 18.7. The van der Waals surface area contributed by atoms with E-state index in [9.17, 15) is 14.7 Å². The highest BCUT2D eigenvalue weighted by Gasteiger charge is 2.29. The van der Waals surface area contributed by atoms with Crippen LogP contribution in [0.15, 0.2) is 60.7 Å². The minimum Gasteiger partial charge on any atom is -0.478 e. The predicted octanol–water partition coefficient (Wildman–Crippen LogP) is 5.36. The van der Waals surface area contributed by atoms with Crippen molar-refractivity contribution in [3.8, 4) is 11.1 Å². The van der Waals surface area contributed by atoms with Crippen LogP contribution in [0.3, 0.4) is 0 Å². The lowest BCUT2D eigenvalue weighted by atomic mass is 9.98. The van der Waals surface area contributed by atoms with Gasteiger partial charge in [0, 0.05) is 5.92 Å². The number of carbonyl (C=O) groups excluding carboxylic acids is 1. The molecule has 3 aromatic rings. The number of rotatable bonds is 4. The number of anilines is 1. The number of hydrogen-bond donors (Lipinski definition) is 2. The Hall–Kier alpha value is -3.60. The van der Waals surface area contributed by atoms with Crippen molar-refractivity contribution in [2.24, 2.45) is 0 Å². The van der Waals surface area contributed by atoms with Gasteiger partial charge in [-0.2, -0.15) is 0 Å². The van der Waals surface area contributed by atoms with E-state index in [1.807, 2.05) is 50.2 Å². The number of carbonyl (C=O) groups is 2. The number of aryl methyl sites for hydroxylation is 2. The van der Waals surface area contributed by atoms with Crippen LogP contribution >= 0.6 is 0 Å². The molecule has 5 heteroatoms. The van der Waals surface area contributed by atoms with Gasteiger partial charge in [-0.05, 0) is 59.4 Å². The quantitative estimate of drug-likeness (QED) is 0.632. The maximum absolute atomic E-state index is 12.4. The number of carboxylic acids is 1. The lowest BCUT2D eigenvalue weighted by Gasteiger charge is -2.16. The third kappa shape index (κ3) is 3.47. The Bertz CT molecular complexity index is 1070. The van der Waals surface area contributed by atoms with Gasteiger partial charge in [0.25, 0.3) is 0 Å². The minimum absolute atomic E-state index is 0.0432. The van der Waals surface area contributed by atoms with Crippen LogP contribution in [-0.2, 0) is 4.74 Å².